The zero-order chi connectivity index (χ0) is 14.7. The van der Waals surface area contributed by atoms with Gasteiger partial charge in [0.1, 0.15) is 6.04 Å². The molecule has 0 aliphatic carbocycles. The number of nitrogens with zero attached hydrogens (tertiary/aromatic N) is 2. The molecule has 20 heavy (non-hydrogen) atoms. The summed E-state index contributed by atoms with van der Waals surface area (Å²) in [6.45, 7) is 0. The molecule has 0 saturated carbocycles. The Morgan fingerprint density at radius 3 is 2.80 bits per heavy atom. The standard InChI is InChI=1S/C12H12N4O4/c13-10(17)5-8(12(19)20)15-11(18)7-6-14-16-4-2-1-3-9(7)16/h1-4,6,8H,5H2,(H2,13,17)(H,15,18)(H,19,20)/t8-/m0/s1. The Balaban J connectivity index is 2.22. The predicted molar refractivity (Wildman–Crippen MR) is 67.9 cm³/mol. The maximum absolute atomic E-state index is 12.0. The molecule has 0 spiro atoms. The summed E-state index contributed by atoms with van der Waals surface area (Å²) >= 11 is 0. The van der Waals surface area contributed by atoms with Crippen LogP contribution in [-0.2, 0) is 9.59 Å². The molecule has 2 aromatic rings. The summed E-state index contributed by atoms with van der Waals surface area (Å²) in [5.41, 5.74) is 5.70. The number of nitrogens with two attached hydrogens (primary N) is 1. The van der Waals surface area contributed by atoms with Crippen LogP contribution in [0.4, 0.5) is 0 Å². The third-order valence-electron chi connectivity index (χ3n) is 2.68. The molecule has 4 N–H and O–H groups in total. The molecule has 1 atom stereocenters. The van der Waals surface area contributed by atoms with Crippen LogP contribution in [0.5, 0.6) is 0 Å². The van der Waals surface area contributed by atoms with Gasteiger partial charge in [-0.25, -0.2) is 9.31 Å². The van der Waals surface area contributed by atoms with Crippen LogP contribution in [0.15, 0.2) is 30.6 Å². The van der Waals surface area contributed by atoms with Crippen molar-refractivity contribution in [2.45, 2.75) is 12.5 Å². The molecule has 0 fully saturated rings. The summed E-state index contributed by atoms with van der Waals surface area (Å²) in [6, 6.07) is 3.78. The van der Waals surface area contributed by atoms with Crippen molar-refractivity contribution in [2.75, 3.05) is 0 Å². The summed E-state index contributed by atoms with van der Waals surface area (Å²) in [5, 5.41) is 15.2. The molecule has 0 aliphatic heterocycles. The lowest BCUT2D eigenvalue weighted by Gasteiger charge is -2.12. The highest BCUT2D eigenvalue weighted by atomic mass is 16.4. The second-order valence-corrected chi connectivity index (χ2v) is 4.12. The Labute approximate surface area is 113 Å². The molecule has 0 aromatic carbocycles. The highest BCUT2D eigenvalue weighted by Crippen LogP contribution is 2.10. The van der Waals surface area contributed by atoms with Crippen molar-refractivity contribution in [1.29, 1.82) is 0 Å². The molecular weight excluding hydrogens is 264 g/mol. The maximum atomic E-state index is 12.0. The van der Waals surface area contributed by atoms with Gasteiger partial charge >= 0.3 is 5.97 Å². The summed E-state index contributed by atoms with van der Waals surface area (Å²) in [7, 11) is 0. The number of nitrogens with one attached hydrogen (secondary N) is 1. The zero-order valence-electron chi connectivity index (χ0n) is 10.3. The second-order valence-electron chi connectivity index (χ2n) is 4.12. The number of carbonyl (C=O) groups is 3. The van der Waals surface area contributed by atoms with Crippen LogP contribution in [-0.4, -0.2) is 38.5 Å². The van der Waals surface area contributed by atoms with E-state index < -0.39 is 30.2 Å². The van der Waals surface area contributed by atoms with E-state index in [1.807, 2.05) is 0 Å². The number of carboxylic acid groups (broad SMARTS) is 1. The zero-order valence-corrected chi connectivity index (χ0v) is 10.3. The molecule has 0 unspecified atom stereocenters. The summed E-state index contributed by atoms with van der Waals surface area (Å²) in [6.07, 6.45) is 2.51. The number of pyridine rings is 1. The van der Waals surface area contributed by atoms with E-state index in [-0.39, 0.29) is 5.56 Å². The van der Waals surface area contributed by atoms with Crippen LogP contribution in [0.25, 0.3) is 5.52 Å². The fourth-order valence-electron chi connectivity index (χ4n) is 1.75. The van der Waals surface area contributed by atoms with Gasteiger partial charge < -0.3 is 16.2 Å². The van der Waals surface area contributed by atoms with Gasteiger partial charge in [-0.3, -0.25) is 9.59 Å². The Hall–Kier alpha value is -2.90. The smallest absolute Gasteiger partial charge is 0.326 e. The van der Waals surface area contributed by atoms with Crippen molar-refractivity contribution in [3.8, 4) is 0 Å². The van der Waals surface area contributed by atoms with Gasteiger partial charge in [0, 0.05) is 6.20 Å². The lowest BCUT2D eigenvalue weighted by atomic mass is 10.1. The number of carboxylic acids is 1. The van der Waals surface area contributed by atoms with E-state index in [1.54, 1.807) is 24.4 Å². The predicted octanol–water partition coefficient (Wildman–Crippen LogP) is -0.607. The minimum Gasteiger partial charge on any atom is -0.480 e. The van der Waals surface area contributed by atoms with E-state index in [1.165, 1.54) is 10.7 Å². The van der Waals surface area contributed by atoms with Crippen LogP contribution >= 0.6 is 0 Å². The Kier molecular flexibility index (Phi) is 3.65. The van der Waals surface area contributed by atoms with Crippen molar-refractivity contribution in [1.82, 2.24) is 14.9 Å². The van der Waals surface area contributed by atoms with Crippen LogP contribution in [0.3, 0.4) is 0 Å². The quantitative estimate of drug-likeness (QED) is 0.671. The first-order valence-electron chi connectivity index (χ1n) is 5.73. The lowest BCUT2D eigenvalue weighted by molar-refractivity contribution is -0.140. The van der Waals surface area contributed by atoms with Crippen LogP contribution < -0.4 is 11.1 Å². The number of rotatable bonds is 5. The fraction of sp³-hybridized carbons (Fsp3) is 0.167. The minimum atomic E-state index is -1.36. The number of carbonyl (C=O) groups excluding carboxylic acids is 2. The SMILES string of the molecule is NC(=O)C[C@H](NC(=O)c1cnn2ccccc12)C(=O)O. The van der Waals surface area contributed by atoms with E-state index in [4.69, 9.17) is 10.8 Å². The average Bonchev–Trinajstić information content (AvgIpc) is 2.81. The molecule has 8 nitrogen and oxygen atoms in total. The number of aliphatic carboxylic acids is 1. The molecule has 0 saturated heterocycles. The van der Waals surface area contributed by atoms with Crippen LogP contribution in [0.2, 0.25) is 0 Å². The molecular formula is C12H12N4O4. The summed E-state index contributed by atoms with van der Waals surface area (Å²) in [4.78, 5) is 33.8. The van der Waals surface area contributed by atoms with E-state index in [9.17, 15) is 14.4 Å². The molecule has 2 amide bonds. The van der Waals surface area contributed by atoms with Gasteiger partial charge in [-0.2, -0.15) is 5.10 Å². The minimum absolute atomic E-state index is 0.223. The average molecular weight is 276 g/mol. The third kappa shape index (κ3) is 2.74. The molecule has 0 bridgehead atoms. The normalized spacial score (nSPS) is 12.0. The molecule has 2 aromatic heterocycles. The molecule has 0 aliphatic rings. The van der Waals surface area contributed by atoms with E-state index in [2.05, 4.69) is 10.4 Å². The van der Waals surface area contributed by atoms with Gasteiger partial charge in [-0.15, -0.1) is 0 Å². The first kappa shape index (κ1) is 13.5. The summed E-state index contributed by atoms with van der Waals surface area (Å²) < 4.78 is 1.48. The van der Waals surface area contributed by atoms with E-state index in [0.717, 1.165) is 0 Å². The molecule has 2 rings (SSSR count). The molecule has 2 heterocycles. The van der Waals surface area contributed by atoms with Crippen molar-refractivity contribution in [3.63, 3.8) is 0 Å². The van der Waals surface area contributed by atoms with E-state index >= 15 is 0 Å². The maximum Gasteiger partial charge on any atom is 0.326 e. The molecule has 8 heteroatoms. The second kappa shape index (κ2) is 5.39. The van der Waals surface area contributed by atoms with Crippen molar-refractivity contribution in [2.24, 2.45) is 5.73 Å². The van der Waals surface area contributed by atoms with Gasteiger partial charge in [0.15, 0.2) is 0 Å². The third-order valence-corrected chi connectivity index (χ3v) is 2.68. The van der Waals surface area contributed by atoms with Crippen LogP contribution in [0.1, 0.15) is 16.8 Å². The number of fused-ring (bicyclic) bond motifs is 1. The Bertz CT molecular complexity index is 679. The van der Waals surface area contributed by atoms with E-state index in [0.29, 0.717) is 5.52 Å². The number of amides is 2. The Morgan fingerprint density at radius 1 is 1.40 bits per heavy atom. The number of hydrogen-bond acceptors (Lipinski definition) is 4. The fourth-order valence-corrected chi connectivity index (χ4v) is 1.75. The van der Waals surface area contributed by atoms with Gasteiger partial charge in [-0.1, -0.05) is 6.07 Å². The van der Waals surface area contributed by atoms with Gasteiger partial charge in [0.25, 0.3) is 5.91 Å². The van der Waals surface area contributed by atoms with Crippen molar-refractivity contribution >= 4 is 23.3 Å². The number of aromatic nitrogens is 2. The highest BCUT2D eigenvalue weighted by Gasteiger charge is 2.24. The van der Waals surface area contributed by atoms with Gasteiger partial charge in [0.2, 0.25) is 5.91 Å². The monoisotopic (exact) mass is 276 g/mol. The van der Waals surface area contributed by atoms with Crippen LogP contribution in [0, 0.1) is 0 Å². The highest BCUT2D eigenvalue weighted by molar-refractivity contribution is 6.02. The first-order chi connectivity index (χ1) is 9.49. The Morgan fingerprint density at radius 2 is 2.15 bits per heavy atom. The largest absolute Gasteiger partial charge is 0.480 e. The first-order valence-corrected chi connectivity index (χ1v) is 5.73. The summed E-state index contributed by atoms with van der Waals surface area (Å²) in [5.74, 6) is -2.76. The lowest BCUT2D eigenvalue weighted by Crippen LogP contribution is -2.43. The molecule has 0 radical (unpaired) electrons. The topological polar surface area (TPSA) is 127 Å². The number of primary amides is 1. The number of hydrogen-bond donors (Lipinski definition) is 3. The molecule has 104 valence electrons. The van der Waals surface area contributed by atoms with Crippen molar-refractivity contribution < 1.29 is 19.5 Å². The van der Waals surface area contributed by atoms with Crippen molar-refractivity contribution in [3.05, 3.63) is 36.2 Å². The van der Waals surface area contributed by atoms with Gasteiger partial charge in [-0.05, 0) is 12.1 Å². The van der Waals surface area contributed by atoms with Gasteiger partial charge in [0.05, 0.1) is 23.7 Å².